The lowest BCUT2D eigenvalue weighted by molar-refractivity contribution is 0.972. The fraction of sp³-hybridized carbons (Fsp3) is 0.538. The van der Waals surface area contributed by atoms with E-state index in [-0.39, 0.29) is 5.56 Å². The van der Waals surface area contributed by atoms with E-state index in [4.69, 9.17) is 23.2 Å². The minimum Gasteiger partial charge on any atom is -0.309 e. The Hall–Kier alpha value is -0.230. The summed E-state index contributed by atoms with van der Waals surface area (Å²) in [5, 5.41) is 0.726. The van der Waals surface area contributed by atoms with Crippen molar-refractivity contribution in [2.24, 2.45) is 5.92 Å². The molecule has 0 saturated heterocycles. The Morgan fingerprint density at radius 1 is 1.50 bits per heavy atom. The smallest absolute Gasteiger partial charge is 0.259 e. The van der Waals surface area contributed by atoms with Crippen LogP contribution < -0.4 is 5.56 Å². The van der Waals surface area contributed by atoms with Crippen LogP contribution in [-0.2, 0) is 5.75 Å². The second-order valence-electron chi connectivity index (χ2n) is 5.15. The van der Waals surface area contributed by atoms with Crippen molar-refractivity contribution in [2.45, 2.75) is 30.4 Å². The van der Waals surface area contributed by atoms with E-state index >= 15 is 0 Å². The Balaban J connectivity index is 1.74. The van der Waals surface area contributed by atoms with Gasteiger partial charge in [0.05, 0.1) is 11.1 Å². The molecule has 1 N–H and O–H groups in total. The van der Waals surface area contributed by atoms with E-state index in [0.29, 0.717) is 11.7 Å². The van der Waals surface area contributed by atoms with Gasteiger partial charge in [-0.2, -0.15) is 11.8 Å². The second kappa shape index (κ2) is 5.20. The van der Waals surface area contributed by atoms with E-state index in [1.54, 1.807) is 23.1 Å². The van der Waals surface area contributed by atoms with Crippen LogP contribution in [0.4, 0.5) is 0 Å². The quantitative estimate of drug-likeness (QED) is 0.848. The van der Waals surface area contributed by atoms with Crippen LogP contribution in [0, 0.1) is 19.8 Å². The van der Waals surface area contributed by atoms with Crippen LogP contribution in [0.3, 0.4) is 0 Å². The molecule has 2 aromatic heterocycles. The first-order chi connectivity index (χ1) is 9.38. The van der Waals surface area contributed by atoms with Gasteiger partial charge in [0, 0.05) is 10.8 Å². The van der Waals surface area contributed by atoms with Gasteiger partial charge in [-0.15, -0.1) is 34.5 Å². The summed E-state index contributed by atoms with van der Waals surface area (Å²) in [7, 11) is 0. The van der Waals surface area contributed by atoms with Gasteiger partial charge in [0.25, 0.3) is 5.56 Å². The average Bonchev–Trinajstić information content (AvgIpc) is 2.84. The molecule has 0 unspecified atom stereocenters. The minimum absolute atomic E-state index is 0.0390. The van der Waals surface area contributed by atoms with Crippen LogP contribution in [-0.4, -0.2) is 20.1 Å². The topological polar surface area (TPSA) is 45.8 Å². The third-order valence-electron chi connectivity index (χ3n) is 3.60. The van der Waals surface area contributed by atoms with Crippen LogP contribution in [0.25, 0.3) is 10.2 Å². The third kappa shape index (κ3) is 2.73. The number of H-pyrrole nitrogens is 1. The molecule has 0 radical (unpaired) electrons. The summed E-state index contributed by atoms with van der Waals surface area (Å²) < 4.78 is -0.528. The van der Waals surface area contributed by atoms with Crippen molar-refractivity contribution in [3.05, 3.63) is 26.6 Å². The van der Waals surface area contributed by atoms with Gasteiger partial charge < -0.3 is 4.98 Å². The lowest BCUT2D eigenvalue weighted by Crippen LogP contribution is -2.11. The van der Waals surface area contributed by atoms with Crippen LogP contribution in [0.1, 0.15) is 22.7 Å². The molecule has 0 aromatic carbocycles. The van der Waals surface area contributed by atoms with Gasteiger partial charge in [0.1, 0.15) is 15.0 Å². The van der Waals surface area contributed by atoms with Crippen molar-refractivity contribution in [3.63, 3.8) is 0 Å². The van der Waals surface area contributed by atoms with Gasteiger partial charge in [-0.3, -0.25) is 4.79 Å². The van der Waals surface area contributed by atoms with Crippen LogP contribution in [0.15, 0.2) is 4.79 Å². The molecule has 1 atom stereocenters. The summed E-state index contributed by atoms with van der Waals surface area (Å²) >= 11 is 15.3. The van der Waals surface area contributed by atoms with E-state index < -0.39 is 4.33 Å². The largest absolute Gasteiger partial charge is 0.309 e. The van der Waals surface area contributed by atoms with Gasteiger partial charge in [-0.05, 0) is 31.6 Å². The number of aromatic amines is 1. The minimum atomic E-state index is -0.528. The fourth-order valence-corrected chi connectivity index (χ4v) is 5.01. The number of aromatic nitrogens is 2. The molecule has 0 amide bonds. The number of hydrogen-bond acceptors (Lipinski definition) is 4. The zero-order chi connectivity index (χ0) is 14.5. The highest BCUT2D eigenvalue weighted by Crippen LogP contribution is 2.54. The highest BCUT2D eigenvalue weighted by Gasteiger charge is 2.51. The molecule has 1 aliphatic carbocycles. The van der Waals surface area contributed by atoms with Crippen LogP contribution >= 0.6 is 46.3 Å². The molecule has 0 bridgehead atoms. The molecule has 3 rings (SSSR count). The summed E-state index contributed by atoms with van der Waals surface area (Å²) in [4.78, 5) is 21.5. The summed E-state index contributed by atoms with van der Waals surface area (Å²) in [6.07, 6.45) is 0.857. The van der Waals surface area contributed by atoms with Crippen molar-refractivity contribution in [1.29, 1.82) is 0 Å². The van der Waals surface area contributed by atoms with Crippen LogP contribution in [0.5, 0.6) is 0 Å². The number of fused-ring (bicyclic) bond motifs is 1. The molecular formula is C13H14Cl2N2OS2. The molecule has 108 valence electrons. The molecule has 3 nitrogen and oxygen atoms in total. The highest BCUT2D eigenvalue weighted by atomic mass is 35.5. The molecule has 1 aliphatic rings. The van der Waals surface area contributed by atoms with E-state index in [1.165, 1.54) is 0 Å². The number of rotatable bonds is 4. The second-order valence-corrected chi connectivity index (χ2v) is 8.93. The molecule has 1 saturated carbocycles. The number of thioether (sulfide) groups is 1. The van der Waals surface area contributed by atoms with Gasteiger partial charge >= 0.3 is 0 Å². The van der Waals surface area contributed by atoms with E-state index in [9.17, 15) is 4.79 Å². The van der Waals surface area contributed by atoms with Gasteiger partial charge in [0.15, 0.2) is 0 Å². The maximum absolute atomic E-state index is 12.1. The normalized spacial score (nSPS) is 20.5. The molecule has 0 spiro atoms. The number of aryl methyl sites for hydroxylation is 2. The molecule has 1 fully saturated rings. The van der Waals surface area contributed by atoms with Crippen molar-refractivity contribution in [2.75, 3.05) is 5.75 Å². The summed E-state index contributed by atoms with van der Waals surface area (Å²) in [5.41, 5.74) is 0.993. The Kier molecular flexibility index (Phi) is 3.82. The third-order valence-corrected chi connectivity index (χ3v) is 6.74. The van der Waals surface area contributed by atoms with Gasteiger partial charge in [-0.1, -0.05) is 0 Å². The lowest BCUT2D eigenvalue weighted by atomic mass is 10.2. The number of nitrogens with one attached hydrogen (secondary N) is 1. The first-order valence-electron chi connectivity index (χ1n) is 6.33. The summed E-state index contributed by atoms with van der Waals surface area (Å²) in [5.74, 6) is 2.67. The van der Waals surface area contributed by atoms with Crippen molar-refractivity contribution in [3.8, 4) is 0 Å². The summed E-state index contributed by atoms with van der Waals surface area (Å²) in [6.45, 7) is 3.98. The van der Waals surface area contributed by atoms with E-state index in [0.717, 1.165) is 38.7 Å². The molecule has 2 heterocycles. The Bertz CT molecular complexity index is 723. The Labute approximate surface area is 135 Å². The predicted molar refractivity (Wildman–Crippen MR) is 88.4 cm³/mol. The lowest BCUT2D eigenvalue weighted by Gasteiger charge is -2.02. The molecular weight excluding hydrogens is 335 g/mol. The first kappa shape index (κ1) is 14.7. The first-order valence-corrected chi connectivity index (χ1v) is 9.05. The molecule has 0 aliphatic heterocycles. The molecule has 7 heteroatoms. The highest BCUT2D eigenvalue weighted by molar-refractivity contribution is 7.98. The number of alkyl halides is 2. The van der Waals surface area contributed by atoms with Crippen molar-refractivity contribution in [1.82, 2.24) is 9.97 Å². The Morgan fingerprint density at radius 3 is 2.85 bits per heavy atom. The maximum Gasteiger partial charge on any atom is 0.259 e. The average molecular weight is 349 g/mol. The van der Waals surface area contributed by atoms with Gasteiger partial charge in [0.2, 0.25) is 0 Å². The SMILES string of the molecule is Cc1sc2nc(CSC[C@H]3CC3(Cl)Cl)[nH]c(=O)c2c1C. The number of halogens is 2. The van der Waals surface area contributed by atoms with Crippen LogP contribution in [0.2, 0.25) is 0 Å². The number of hydrogen-bond donors (Lipinski definition) is 1. The molecule has 2 aromatic rings. The number of thiophene rings is 1. The van der Waals surface area contributed by atoms with Crippen molar-refractivity contribution < 1.29 is 0 Å². The molecule has 20 heavy (non-hydrogen) atoms. The van der Waals surface area contributed by atoms with Crippen molar-refractivity contribution >= 4 is 56.5 Å². The standard InChI is InChI=1S/C13H14Cl2N2OS2/c1-6-7(2)20-12-10(6)11(18)16-9(17-12)5-19-4-8-3-13(8,14)15/h8H,3-5H2,1-2H3,(H,16,17,18)/t8-/m1/s1. The number of nitrogens with zero attached hydrogens (tertiary/aromatic N) is 1. The maximum atomic E-state index is 12.1. The summed E-state index contributed by atoms with van der Waals surface area (Å²) in [6, 6.07) is 0. The fourth-order valence-electron chi connectivity index (χ4n) is 2.12. The van der Waals surface area contributed by atoms with E-state index in [1.807, 2.05) is 13.8 Å². The Morgan fingerprint density at radius 2 is 2.20 bits per heavy atom. The zero-order valence-electron chi connectivity index (χ0n) is 11.1. The zero-order valence-corrected chi connectivity index (χ0v) is 14.3. The monoisotopic (exact) mass is 348 g/mol. The predicted octanol–water partition coefficient (Wildman–Crippen LogP) is 4.03. The van der Waals surface area contributed by atoms with Gasteiger partial charge in [-0.25, -0.2) is 4.98 Å². The van der Waals surface area contributed by atoms with E-state index in [2.05, 4.69) is 9.97 Å².